The van der Waals surface area contributed by atoms with Crippen LogP contribution in [0.2, 0.25) is 0 Å². The van der Waals surface area contributed by atoms with E-state index < -0.39 is 0 Å². The van der Waals surface area contributed by atoms with E-state index in [9.17, 15) is 4.79 Å². The average Bonchev–Trinajstić information content (AvgIpc) is 2.91. The minimum Gasteiger partial charge on any atom is -0.383 e. The highest BCUT2D eigenvalue weighted by atomic mass is 16.5. The molecule has 0 atom stereocenters. The molecular weight excluding hydrogens is 256 g/mol. The van der Waals surface area contributed by atoms with E-state index in [2.05, 4.69) is 4.98 Å². The Hall–Kier alpha value is -1.85. The molecule has 0 aliphatic rings. The predicted molar refractivity (Wildman–Crippen MR) is 78.0 cm³/mol. The second-order valence-electron chi connectivity index (χ2n) is 4.53. The molecule has 0 aliphatic heterocycles. The van der Waals surface area contributed by atoms with Crippen molar-refractivity contribution in [3.8, 4) is 0 Å². The summed E-state index contributed by atoms with van der Waals surface area (Å²) in [5.41, 5.74) is 1.65. The summed E-state index contributed by atoms with van der Waals surface area (Å²) < 4.78 is 10.1. The van der Waals surface area contributed by atoms with Crippen LogP contribution in [-0.4, -0.2) is 56.3 Å². The van der Waals surface area contributed by atoms with E-state index in [1.807, 2.05) is 24.3 Å². The molecule has 1 N–H and O–H groups in total. The molecule has 1 aromatic carbocycles. The molecule has 20 heavy (non-hydrogen) atoms. The molecule has 0 saturated heterocycles. The number of amides is 1. The zero-order chi connectivity index (χ0) is 14.4. The molecule has 2 aromatic rings. The van der Waals surface area contributed by atoms with Crippen LogP contribution in [0.1, 0.15) is 10.4 Å². The lowest BCUT2D eigenvalue weighted by Crippen LogP contribution is -2.36. The van der Waals surface area contributed by atoms with Crippen LogP contribution in [0.3, 0.4) is 0 Å². The number of nitrogens with zero attached hydrogens (tertiary/aromatic N) is 1. The van der Waals surface area contributed by atoms with Crippen LogP contribution in [0.25, 0.3) is 10.9 Å². The zero-order valence-electron chi connectivity index (χ0n) is 11.9. The third kappa shape index (κ3) is 3.18. The smallest absolute Gasteiger partial charge is 0.256 e. The Morgan fingerprint density at radius 2 is 1.80 bits per heavy atom. The van der Waals surface area contributed by atoms with Gasteiger partial charge in [0.2, 0.25) is 0 Å². The maximum Gasteiger partial charge on any atom is 0.256 e. The maximum absolute atomic E-state index is 12.6. The minimum atomic E-state index is -0.00319. The van der Waals surface area contributed by atoms with Crippen LogP contribution in [0.15, 0.2) is 30.5 Å². The van der Waals surface area contributed by atoms with E-state index in [0.717, 1.165) is 10.9 Å². The summed E-state index contributed by atoms with van der Waals surface area (Å²) >= 11 is 0. The van der Waals surface area contributed by atoms with Gasteiger partial charge in [-0.2, -0.15) is 0 Å². The van der Waals surface area contributed by atoms with E-state index in [-0.39, 0.29) is 5.91 Å². The highest BCUT2D eigenvalue weighted by Crippen LogP contribution is 2.19. The summed E-state index contributed by atoms with van der Waals surface area (Å²) in [6, 6.07) is 7.78. The number of methoxy groups -OCH3 is 2. The van der Waals surface area contributed by atoms with Gasteiger partial charge >= 0.3 is 0 Å². The third-order valence-corrected chi connectivity index (χ3v) is 3.24. The van der Waals surface area contributed by atoms with Crippen molar-refractivity contribution in [1.82, 2.24) is 9.88 Å². The fraction of sp³-hybridized carbons (Fsp3) is 0.400. The molecule has 2 rings (SSSR count). The lowest BCUT2D eigenvalue weighted by Gasteiger charge is -2.21. The number of carbonyl (C=O) groups is 1. The van der Waals surface area contributed by atoms with Crippen LogP contribution < -0.4 is 0 Å². The summed E-state index contributed by atoms with van der Waals surface area (Å²) in [6.45, 7) is 2.13. The van der Waals surface area contributed by atoms with Crippen LogP contribution >= 0.6 is 0 Å². The standard InChI is InChI=1S/C15H20N2O3/c1-19-9-7-17(8-10-20-2)15(18)13-11-16-14-6-4-3-5-12(13)14/h3-6,11,16H,7-10H2,1-2H3. The molecule has 1 heterocycles. The molecule has 0 unspecified atom stereocenters. The number of aromatic amines is 1. The number of benzene rings is 1. The van der Waals surface area contributed by atoms with E-state index in [1.165, 1.54) is 0 Å². The number of fused-ring (bicyclic) bond motifs is 1. The second kappa shape index (κ2) is 7.07. The third-order valence-electron chi connectivity index (χ3n) is 3.24. The Balaban J connectivity index is 2.21. The Labute approximate surface area is 118 Å². The van der Waals surface area contributed by atoms with Gasteiger partial charge in [-0.05, 0) is 6.07 Å². The molecule has 0 saturated carbocycles. The first kappa shape index (κ1) is 14.6. The van der Waals surface area contributed by atoms with Crippen molar-refractivity contribution in [3.05, 3.63) is 36.0 Å². The minimum absolute atomic E-state index is 0.00319. The number of rotatable bonds is 7. The Bertz CT molecular complexity index is 557. The number of carbonyl (C=O) groups excluding carboxylic acids is 1. The van der Waals surface area contributed by atoms with Gasteiger partial charge in [-0.3, -0.25) is 4.79 Å². The Kier molecular flexibility index (Phi) is 5.15. The van der Waals surface area contributed by atoms with Crippen molar-refractivity contribution in [3.63, 3.8) is 0 Å². The van der Waals surface area contributed by atoms with Gasteiger partial charge in [0.15, 0.2) is 0 Å². The monoisotopic (exact) mass is 276 g/mol. The summed E-state index contributed by atoms with van der Waals surface area (Å²) in [4.78, 5) is 17.5. The number of H-pyrrole nitrogens is 1. The molecule has 0 spiro atoms. The van der Waals surface area contributed by atoms with Crippen LogP contribution in [0, 0.1) is 0 Å². The Morgan fingerprint density at radius 1 is 1.15 bits per heavy atom. The van der Waals surface area contributed by atoms with Gasteiger partial charge in [-0.25, -0.2) is 0 Å². The first-order valence-corrected chi connectivity index (χ1v) is 6.61. The lowest BCUT2D eigenvalue weighted by atomic mass is 10.1. The molecular formula is C15H20N2O3. The first-order chi connectivity index (χ1) is 9.77. The summed E-state index contributed by atoms with van der Waals surface area (Å²) in [5, 5.41) is 0.942. The van der Waals surface area contributed by atoms with Gasteiger partial charge in [-0.1, -0.05) is 18.2 Å². The second-order valence-corrected chi connectivity index (χ2v) is 4.53. The van der Waals surface area contributed by atoms with E-state index in [0.29, 0.717) is 31.9 Å². The number of ether oxygens (including phenoxy) is 2. The lowest BCUT2D eigenvalue weighted by molar-refractivity contribution is 0.0629. The molecule has 5 nitrogen and oxygen atoms in total. The molecule has 0 aliphatic carbocycles. The van der Waals surface area contributed by atoms with Gasteiger partial charge < -0.3 is 19.4 Å². The molecule has 1 aromatic heterocycles. The van der Waals surface area contributed by atoms with Crippen LogP contribution in [0.4, 0.5) is 0 Å². The van der Waals surface area contributed by atoms with Gasteiger partial charge in [0.1, 0.15) is 0 Å². The van der Waals surface area contributed by atoms with Crippen LogP contribution in [0.5, 0.6) is 0 Å². The van der Waals surface area contributed by atoms with Crippen molar-refractivity contribution in [1.29, 1.82) is 0 Å². The van der Waals surface area contributed by atoms with Gasteiger partial charge in [0, 0.05) is 44.4 Å². The highest BCUT2D eigenvalue weighted by molar-refractivity contribution is 6.06. The number of hydrogen-bond acceptors (Lipinski definition) is 3. The molecule has 5 heteroatoms. The summed E-state index contributed by atoms with van der Waals surface area (Å²) in [7, 11) is 3.26. The van der Waals surface area contributed by atoms with Crippen molar-refractivity contribution >= 4 is 16.8 Å². The fourth-order valence-electron chi connectivity index (χ4n) is 2.14. The SMILES string of the molecule is COCCN(CCOC)C(=O)c1c[nH]c2ccccc12. The van der Waals surface area contributed by atoms with Crippen molar-refractivity contribution in [2.24, 2.45) is 0 Å². The number of nitrogens with one attached hydrogen (secondary N) is 1. The zero-order valence-corrected chi connectivity index (χ0v) is 11.9. The van der Waals surface area contributed by atoms with Crippen molar-refractivity contribution in [2.45, 2.75) is 0 Å². The first-order valence-electron chi connectivity index (χ1n) is 6.61. The predicted octanol–water partition coefficient (Wildman–Crippen LogP) is 1.90. The molecule has 0 bridgehead atoms. The van der Waals surface area contributed by atoms with Gasteiger partial charge in [0.05, 0.1) is 18.8 Å². The molecule has 0 fully saturated rings. The molecule has 0 radical (unpaired) electrons. The Morgan fingerprint density at radius 3 is 2.45 bits per heavy atom. The molecule has 1 amide bonds. The van der Waals surface area contributed by atoms with Gasteiger partial charge in [-0.15, -0.1) is 0 Å². The quantitative estimate of drug-likeness (QED) is 0.840. The summed E-state index contributed by atoms with van der Waals surface area (Å²) in [6.07, 6.45) is 1.76. The largest absolute Gasteiger partial charge is 0.383 e. The molecule has 108 valence electrons. The normalized spacial score (nSPS) is 10.9. The number of aromatic nitrogens is 1. The fourth-order valence-corrected chi connectivity index (χ4v) is 2.14. The van der Waals surface area contributed by atoms with Crippen molar-refractivity contribution < 1.29 is 14.3 Å². The number of hydrogen-bond donors (Lipinski definition) is 1. The number of para-hydroxylation sites is 1. The topological polar surface area (TPSA) is 54.6 Å². The average molecular weight is 276 g/mol. The van der Waals surface area contributed by atoms with Gasteiger partial charge in [0.25, 0.3) is 5.91 Å². The van der Waals surface area contributed by atoms with Crippen LogP contribution in [-0.2, 0) is 9.47 Å². The highest BCUT2D eigenvalue weighted by Gasteiger charge is 2.18. The maximum atomic E-state index is 12.6. The van der Waals surface area contributed by atoms with Crippen molar-refractivity contribution in [2.75, 3.05) is 40.5 Å². The van der Waals surface area contributed by atoms with E-state index in [1.54, 1.807) is 25.3 Å². The van der Waals surface area contributed by atoms with E-state index in [4.69, 9.17) is 9.47 Å². The summed E-state index contributed by atoms with van der Waals surface area (Å²) in [5.74, 6) is -0.00319. The van der Waals surface area contributed by atoms with E-state index >= 15 is 0 Å².